The zero-order chi connectivity index (χ0) is 31.4. The summed E-state index contributed by atoms with van der Waals surface area (Å²) in [5.41, 5.74) is 0. The molecule has 0 spiro atoms. The maximum atomic E-state index is 15.8. The van der Waals surface area contributed by atoms with Gasteiger partial charge in [0, 0.05) is 58.5 Å². The number of thiophene rings is 9. The smallest absolute Gasteiger partial charge is 0.199 e. The van der Waals surface area contributed by atoms with Gasteiger partial charge < -0.3 is 4.57 Å². The molecule has 0 amide bonds. The van der Waals surface area contributed by atoms with Crippen molar-refractivity contribution in [1.29, 1.82) is 0 Å². The summed E-state index contributed by atoms with van der Waals surface area (Å²) in [4.78, 5) is 14.8. The number of rotatable bonds is 9. The Kier molecular flexibility index (Phi) is 8.31. The van der Waals surface area contributed by atoms with Crippen LogP contribution in [-0.4, -0.2) is 0 Å². The van der Waals surface area contributed by atoms with Crippen molar-refractivity contribution in [3.8, 4) is 58.5 Å². The van der Waals surface area contributed by atoms with Crippen LogP contribution in [0.25, 0.3) is 58.5 Å². The highest BCUT2D eigenvalue weighted by atomic mass is 32.1. The van der Waals surface area contributed by atoms with Gasteiger partial charge in [-0.3, -0.25) is 0 Å². The largest absolute Gasteiger partial charge is 0.306 e. The summed E-state index contributed by atoms with van der Waals surface area (Å²) in [6.45, 7) is 0. The van der Waals surface area contributed by atoms with E-state index in [2.05, 4.69) is 125 Å². The van der Waals surface area contributed by atoms with E-state index in [9.17, 15) is 0 Å². The summed E-state index contributed by atoms with van der Waals surface area (Å²) < 4.78 is 18.6. The Labute approximate surface area is 308 Å². The third kappa shape index (κ3) is 5.72. The molecule has 0 saturated carbocycles. The third-order valence-electron chi connectivity index (χ3n) is 7.55. The van der Waals surface area contributed by atoms with E-state index in [1.165, 1.54) is 58.5 Å². The van der Waals surface area contributed by atoms with Crippen molar-refractivity contribution in [1.82, 2.24) is 0 Å². The van der Waals surface area contributed by atoms with Crippen LogP contribution < -0.4 is 13.9 Å². The maximum Gasteiger partial charge on any atom is 0.199 e. The summed E-state index contributed by atoms with van der Waals surface area (Å²) in [6.07, 6.45) is 0. The van der Waals surface area contributed by atoms with Gasteiger partial charge in [-0.05, 0) is 107 Å². The molecule has 1 nitrogen and oxygen atoms in total. The van der Waals surface area contributed by atoms with Crippen LogP contribution in [0.2, 0.25) is 0 Å². The standard InChI is InChI=1S/C36H21OPS9/c37-38(34-16-13-31(45-34)28-10-7-25(42-28)22-4-1-19-39-22,35-17-14-32(46-35)29-11-8-26(43-29)23-5-2-20-40-23)36-18-15-33(47-36)30-12-9-27(44-30)24-6-3-21-41-24/h1-21H. The molecule has 9 aromatic heterocycles. The fraction of sp³-hybridized carbons (Fsp3) is 0. The molecule has 0 aliphatic rings. The predicted octanol–water partition coefficient (Wildman–Crippen LogP) is 13.9. The van der Waals surface area contributed by atoms with Crippen LogP contribution in [0.4, 0.5) is 0 Å². The van der Waals surface area contributed by atoms with E-state index in [1.807, 2.05) is 0 Å². The lowest BCUT2D eigenvalue weighted by Gasteiger charge is -2.13. The molecule has 47 heavy (non-hydrogen) atoms. The van der Waals surface area contributed by atoms with Gasteiger partial charge in [-0.2, -0.15) is 0 Å². The predicted molar refractivity (Wildman–Crippen MR) is 219 cm³/mol. The van der Waals surface area contributed by atoms with Crippen molar-refractivity contribution in [2.24, 2.45) is 0 Å². The monoisotopic (exact) mass is 788 g/mol. The van der Waals surface area contributed by atoms with Gasteiger partial charge in [0.2, 0.25) is 0 Å². The quantitative estimate of drug-likeness (QED) is 0.133. The first-order valence-corrected chi connectivity index (χ1v) is 23.7. The maximum absolute atomic E-state index is 15.8. The lowest BCUT2D eigenvalue weighted by molar-refractivity contribution is 0.593. The van der Waals surface area contributed by atoms with Crippen LogP contribution in [-0.2, 0) is 4.57 Å². The van der Waals surface area contributed by atoms with Crippen molar-refractivity contribution in [2.75, 3.05) is 0 Å². The Morgan fingerprint density at radius 3 is 0.830 bits per heavy atom. The molecule has 9 aromatic rings. The molecule has 11 heteroatoms. The number of hydrogen-bond acceptors (Lipinski definition) is 10. The normalized spacial score (nSPS) is 11.9. The van der Waals surface area contributed by atoms with Crippen LogP contribution in [0.1, 0.15) is 0 Å². The first-order valence-electron chi connectivity index (χ1n) is 14.5. The molecule has 0 saturated heterocycles. The Morgan fingerprint density at radius 2 is 0.553 bits per heavy atom. The Hall–Kier alpha value is -2.47. The highest BCUT2D eigenvalue weighted by Crippen LogP contribution is 2.52. The molecule has 0 radical (unpaired) electrons. The molecule has 0 aliphatic heterocycles. The first-order chi connectivity index (χ1) is 23.1. The lowest BCUT2D eigenvalue weighted by Crippen LogP contribution is -2.18. The third-order valence-corrected chi connectivity index (χ3v) is 22.7. The summed E-state index contributed by atoms with van der Waals surface area (Å²) in [7, 11) is -3.12. The summed E-state index contributed by atoms with van der Waals surface area (Å²) in [5, 5.41) is 6.37. The minimum atomic E-state index is -3.12. The zero-order valence-electron chi connectivity index (χ0n) is 24.2. The van der Waals surface area contributed by atoms with Gasteiger partial charge in [0.05, 0.1) is 13.9 Å². The minimum Gasteiger partial charge on any atom is -0.306 e. The van der Waals surface area contributed by atoms with Crippen molar-refractivity contribution in [3.63, 3.8) is 0 Å². The van der Waals surface area contributed by atoms with Crippen LogP contribution in [0, 0.1) is 0 Å². The summed E-state index contributed by atoms with van der Waals surface area (Å²) in [5.74, 6) is 0. The van der Waals surface area contributed by atoms with Crippen molar-refractivity contribution in [2.45, 2.75) is 0 Å². The summed E-state index contributed by atoms with van der Waals surface area (Å²) in [6, 6.07) is 38.9. The van der Waals surface area contributed by atoms with Gasteiger partial charge in [-0.1, -0.05) is 18.2 Å². The Balaban J connectivity index is 1.11. The molecule has 0 N–H and O–H groups in total. The highest BCUT2D eigenvalue weighted by molar-refractivity contribution is 7.95. The molecule has 230 valence electrons. The second-order valence-electron chi connectivity index (χ2n) is 10.4. The Bertz CT molecular complexity index is 2180. The van der Waals surface area contributed by atoms with Crippen molar-refractivity contribution < 1.29 is 4.57 Å². The van der Waals surface area contributed by atoms with Crippen LogP contribution in [0.3, 0.4) is 0 Å². The molecule has 0 aliphatic carbocycles. The fourth-order valence-corrected chi connectivity index (χ4v) is 19.5. The van der Waals surface area contributed by atoms with E-state index in [4.69, 9.17) is 0 Å². The van der Waals surface area contributed by atoms with Gasteiger partial charge in [0.1, 0.15) is 0 Å². The molecule has 0 aromatic carbocycles. The molecule has 0 bridgehead atoms. The van der Waals surface area contributed by atoms with Gasteiger partial charge >= 0.3 is 0 Å². The zero-order valence-corrected chi connectivity index (χ0v) is 32.4. The lowest BCUT2D eigenvalue weighted by atomic mass is 10.3. The van der Waals surface area contributed by atoms with Crippen LogP contribution >= 0.6 is 109 Å². The van der Waals surface area contributed by atoms with E-state index in [1.54, 1.807) is 102 Å². The SMILES string of the molecule is O=P(c1ccc(-c2ccc(-c3cccs3)s2)s1)(c1ccc(-c2ccc(-c3cccs3)s2)s1)c1ccc(-c2ccc(-c3cccs3)s2)s1. The van der Waals surface area contributed by atoms with E-state index in [0.29, 0.717) is 0 Å². The molecule has 9 rings (SSSR count). The van der Waals surface area contributed by atoms with Crippen molar-refractivity contribution >= 4 is 123 Å². The van der Waals surface area contributed by atoms with Crippen LogP contribution in [0.15, 0.2) is 125 Å². The highest BCUT2D eigenvalue weighted by Gasteiger charge is 2.35. The van der Waals surface area contributed by atoms with Gasteiger partial charge in [-0.15, -0.1) is 102 Å². The molecule has 9 heterocycles. The van der Waals surface area contributed by atoms with E-state index < -0.39 is 7.14 Å². The average Bonchev–Trinajstić information content (AvgIpc) is 3.96. The fourth-order valence-electron chi connectivity index (χ4n) is 5.28. The number of hydrogen-bond donors (Lipinski definition) is 0. The molecular formula is C36H21OPS9. The molecule has 0 fully saturated rings. The minimum absolute atomic E-state index is 0.941. The summed E-state index contributed by atoms with van der Waals surface area (Å²) >= 11 is 15.8. The Morgan fingerprint density at radius 1 is 0.298 bits per heavy atom. The van der Waals surface area contributed by atoms with Gasteiger partial charge in [-0.25, -0.2) is 0 Å². The van der Waals surface area contributed by atoms with Crippen molar-refractivity contribution in [3.05, 3.63) is 125 Å². The second-order valence-corrected chi connectivity index (χ2v) is 23.4. The van der Waals surface area contributed by atoms with Gasteiger partial charge in [0.15, 0.2) is 7.14 Å². The molecule has 0 unspecified atom stereocenters. The van der Waals surface area contributed by atoms with Crippen LogP contribution in [0.5, 0.6) is 0 Å². The topological polar surface area (TPSA) is 17.1 Å². The van der Waals surface area contributed by atoms with E-state index >= 15 is 4.57 Å². The van der Waals surface area contributed by atoms with E-state index in [-0.39, 0.29) is 0 Å². The molecular weight excluding hydrogens is 768 g/mol. The molecule has 0 atom stereocenters. The first kappa shape index (κ1) is 30.6. The van der Waals surface area contributed by atoms with E-state index in [0.717, 1.165) is 13.9 Å². The van der Waals surface area contributed by atoms with Gasteiger partial charge in [0.25, 0.3) is 0 Å². The average molecular weight is 789 g/mol. The second kappa shape index (κ2) is 12.8.